The quantitative estimate of drug-likeness (QED) is 0.381. The van der Waals surface area contributed by atoms with E-state index in [1.165, 1.54) is 43.3 Å². The average Bonchev–Trinajstić information content (AvgIpc) is 2.75. The van der Waals surface area contributed by atoms with Gasteiger partial charge in [0.15, 0.2) is 17.7 Å². The predicted molar refractivity (Wildman–Crippen MR) is 106 cm³/mol. The van der Waals surface area contributed by atoms with Crippen LogP contribution in [-0.2, 0) is 0 Å². The Balaban J connectivity index is 1.85. The molecule has 10 heteroatoms. The van der Waals surface area contributed by atoms with Gasteiger partial charge in [0.2, 0.25) is 0 Å². The molecular formula is C20H16N4O6. The highest BCUT2D eigenvalue weighted by Crippen LogP contribution is 2.44. The Hall–Kier alpha value is -4.05. The van der Waals surface area contributed by atoms with Crippen LogP contribution in [0.3, 0.4) is 0 Å². The van der Waals surface area contributed by atoms with E-state index < -0.39 is 11.2 Å². The molecule has 2 N–H and O–H groups in total. The van der Waals surface area contributed by atoms with Crippen LogP contribution in [0.5, 0.6) is 11.5 Å². The van der Waals surface area contributed by atoms with Gasteiger partial charge >= 0.3 is 0 Å². The van der Waals surface area contributed by atoms with Crippen molar-refractivity contribution in [3.63, 3.8) is 0 Å². The number of benzene rings is 3. The number of azo groups is 1. The number of aliphatic hydroxyl groups excluding tert-OH is 1. The molecule has 152 valence electrons. The van der Waals surface area contributed by atoms with Gasteiger partial charge in [0.05, 0.1) is 18.1 Å². The van der Waals surface area contributed by atoms with Gasteiger partial charge in [0.25, 0.3) is 11.6 Å². The Kier molecular flexibility index (Phi) is 4.55. The summed E-state index contributed by atoms with van der Waals surface area (Å²) in [6.45, 7) is 0. The summed E-state index contributed by atoms with van der Waals surface area (Å²) < 4.78 is 5.13. The predicted octanol–water partition coefficient (Wildman–Crippen LogP) is 3.95. The van der Waals surface area contributed by atoms with Crippen molar-refractivity contribution in [2.75, 3.05) is 14.2 Å². The van der Waals surface area contributed by atoms with Gasteiger partial charge < -0.3 is 19.8 Å². The van der Waals surface area contributed by atoms with E-state index in [1.807, 2.05) is 0 Å². The number of hydrogen-bond donors (Lipinski definition) is 2. The number of phenolic OH excluding ortho intramolecular Hbond substituents is 1. The van der Waals surface area contributed by atoms with Crippen molar-refractivity contribution in [1.29, 1.82) is 0 Å². The number of amides is 1. The molecule has 10 nitrogen and oxygen atoms in total. The first-order valence-corrected chi connectivity index (χ1v) is 8.81. The zero-order valence-electron chi connectivity index (χ0n) is 15.9. The van der Waals surface area contributed by atoms with Crippen LogP contribution >= 0.6 is 0 Å². The van der Waals surface area contributed by atoms with Crippen LogP contribution in [-0.4, -0.2) is 40.1 Å². The van der Waals surface area contributed by atoms with Crippen LogP contribution in [0.2, 0.25) is 0 Å². The fourth-order valence-electron chi connectivity index (χ4n) is 3.42. The minimum Gasteiger partial charge on any atom is -0.505 e. The second-order valence-electron chi connectivity index (χ2n) is 6.66. The Morgan fingerprint density at radius 1 is 1.17 bits per heavy atom. The van der Waals surface area contributed by atoms with Gasteiger partial charge in [-0.3, -0.25) is 14.9 Å². The topological polar surface area (TPSA) is 138 Å². The Morgan fingerprint density at radius 3 is 2.60 bits per heavy atom. The van der Waals surface area contributed by atoms with E-state index in [9.17, 15) is 25.1 Å². The van der Waals surface area contributed by atoms with Crippen molar-refractivity contribution >= 4 is 33.7 Å². The van der Waals surface area contributed by atoms with Gasteiger partial charge in [-0.05, 0) is 18.2 Å². The molecule has 0 fully saturated rings. The third-order valence-corrected chi connectivity index (χ3v) is 4.98. The molecule has 1 aliphatic rings. The average molecular weight is 408 g/mol. The van der Waals surface area contributed by atoms with Crippen LogP contribution < -0.4 is 4.74 Å². The van der Waals surface area contributed by atoms with Crippen LogP contribution in [0.1, 0.15) is 22.1 Å². The summed E-state index contributed by atoms with van der Waals surface area (Å²) in [5.74, 6) is -0.419. The molecule has 1 amide bonds. The maximum absolute atomic E-state index is 12.4. The van der Waals surface area contributed by atoms with E-state index in [0.717, 1.165) is 0 Å². The van der Waals surface area contributed by atoms with Crippen molar-refractivity contribution in [2.24, 2.45) is 10.2 Å². The number of phenols is 1. The lowest BCUT2D eigenvalue weighted by atomic mass is 9.92. The zero-order valence-corrected chi connectivity index (χ0v) is 15.9. The number of nitrogens with zero attached hydrogens (tertiary/aromatic N) is 4. The Labute approximate surface area is 169 Å². The number of ether oxygens (including phenoxy) is 1. The monoisotopic (exact) mass is 408 g/mol. The molecule has 1 atom stereocenters. The number of hydrogen-bond acceptors (Lipinski definition) is 8. The molecule has 1 aliphatic heterocycles. The number of aliphatic hydroxyl groups is 1. The largest absolute Gasteiger partial charge is 0.505 e. The molecule has 30 heavy (non-hydrogen) atoms. The number of carbonyl (C=O) groups is 1. The Morgan fingerprint density at radius 2 is 1.90 bits per heavy atom. The standard InChI is InChI=1S/C20H16N4O6/c1-23-19(26)12-5-3-4-11-17(12)13(20(23)27)9-15(18(11)25)22-21-14-7-6-10(24(28)29)8-16(14)30-2/h3-9,20,25,27H,1-2H3. The van der Waals surface area contributed by atoms with Gasteiger partial charge in [-0.15, -0.1) is 10.2 Å². The van der Waals surface area contributed by atoms with E-state index in [4.69, 9.17) is 4.74 Å². The maximum atomic E-state index is 12.4. The minimum absolute atomic E-state index is 0.0665. The van der Waals surface area contributed by atoms with Crippen LogP contribution in [0.15, 0.2) is 52.7 Å². The SMILES string of the molecule is COc1cc([N+](=O)[O-])ccc1N=Nc1cc2c3c(cccc3c1O)C(=O)N(C)C2O. The zero-order chi connectivity index (χ0) is 21.6. The number of rotatable bonds is 4. The summed E-state index contributed by atoms with van der Waals surface area (Å²) >= 11 is 0. The van der Waals surface area contributed by atoms with Crippen molar-refractivity contribution < 1.29 is 24.7 Å². The van der Waals surface area contributed by atoms with E-state index in [2.05, 4.69) is 10.2 Å². The molecule has 3 aromatic carbocycles. The maximum Gasteiger partial charge on any atom is 0.273 e. The lowest BCUT2D eigenvalue weighted by molar-refractivity contribution is -0.384. The van der Waals surface area contributed by atoms with E-state index in [-0.39, 0.29) is 34.5 Å². The number of nitro benzene ring substituents is 1. The molecule has 1 unspecified atom stereocenters. The molecule has 0 aromatic heterocycles. The number of methoxy groups -OCH3 is 1. The lowest BCUT2D eigenvalue weighted by Gasteiger charge is -2.31. The summed E-state index contributed by atoms with van der Waals surface area (Å²) in [5, 5.41) is 41.1. The first-order chi connectivity index (χ1) is 14.3. The summed E-state index contributed by atoms with van der Waals surface area (Å²) in [6.07, 6.45) is -1.21. The number of aromatic hydroxyl groups is 1. The fourth-order valence-corrected chi connectivity index (χ4v) is 3.42. The Bertz CT molecular complexity index is 1240. The third-order valence-electron chi connectivity index (χ3n) is 4.98. The number of carbonyl (C=O) groups excluding carboxylic acids is 1. The summed E-state index contributed by atoms with van der Waals surface area (Å²) in [4.78, 5) is 24.0. The van der Waals surface area contributed by atoms with Gasteiger partial charge in [-0.2, -0.15) is 0 Å². The highest BCUT2D eigenvalue weighted by Gasteiger charge is 2.32. The molecule has 0 radical (unpaired) electrons. The second kappa shape index (κ2) is 7.08. The first kappa shape index (κ1) is 19.3. The van der Waals surface area contributed by atoms with Crippen LogP contribution in [0.4, 0.5) is 17.1 Å². The van der Waals surface area contributed by atoms with Crippen molar-refractivity contribution in [3.8, 4) is 11.5 Å². The molecule has 0 saturated carbocycles. The molecule has 0 saturated heterocycles. The highest BCUT2D eigenvalue weighted by atomic mass is 16.6. The van der Waals surface area contributed by atoms with E-state index >= 15 is 0 Å². The van der Waals surface area contributed by atoms with Crippen LogP contribution in [0.25, 0.3) is 10.8 Å². The van der Waals surface area contributed by atoms with E-state index in [1.54, 1.807) is 18.2 Å². The summed E-state index contributed by atoms with van der Waals surface area (Å²) in [6, 6.07) is 10.2. The summed E-state index contributed by atoms with van der Waals surface area (Å²) in [5.41, 5.74) is 0.901. The molecule has 4 rings (SSSR count). The van der Waals surface area contributed by atoms with Gasteiger partial charge in [0.1, 0.15) is 11.4 Å². The molecule has 1 heterocycles. The van der Waals surface area contributed by atoms with Crippen LogP contribution in [0, 0.1) is 10.1 Å². The van der Waals surface area contributed by atoms with E-state index in [0.29, 0.717) is 21.9 Å². The van der Waals surface area contributed by atoms with Gasteiger partial charge in [-0.25, -0.2) is 0 Å². The molecule has 0 spiro atoms. The summed E-state index contributed by atoms with van der Waals surface area (Å²) in [7, 11) is 2.82. The fraction of sp³-hybridized carbons (Fsp3) is 0.150. The highest BCUT2D eigenvalue weighted by molar-refractivity contribution is 6.12. The van der Waals surface area contributed by atoms with Crippen molar-refractivity contribution in [3.05, 3.63) is 63.7 Å². The van der Waals surface area contributed by atoms with Crippen molar-refractivity contribution in [2.45, 2.75) is 6.23 Å². The number of non-ortho nitro benzene ring substituents is 1. The smallest absolute Gasteiger partial charge is 0.273 e. The second-order valence-corrected chi connectivity index (χ2v) is 6.66. The molecule has 3 aromatic rings. The third kappa shape index (κ3) is 2.90. The number of nitro groups is 1. The molecule has 0 bridgehead atoms. The first-order valence-electron chi connectivity index (χ1n) is 8.81. The van der Waals surface area contributed by atoms with Gasteiger partial charge in [0, 0.05) is 35.0 Å². The normalized spacial score (nSPS) is 15.8. The molecular weight excluding hydrogens is 392 g/mol. The lowest BCUT2D eigenvalue weighted by Crippen LogP contribution is -2.34. The van der Waals surface area contributed by atoms with Crippen molar-refractivity contribution in [1.82, 2.24) is 4.90 Å². The minimum atomic E-state index is -1.21. The van der Waals surface area contributed by atoms with Gasteiger partial charge in [-0.1, -0.05) is 12.1 Å². The molecule has 0 aliphatic carbocycles.